The first-order valence-corrected chi connectivity index (χ1v) is 7.66. The van der Waals surface area contributed by atoms with E-state index in [1.807, 2.05) is 12.1 Å². The highest BCUT2D eigenvalue weighted by Crippen LogP contribution is 2.22. The van der Waals surface area contributed by atoms with Crippen LogP contribution in [-0.4, -0.2) is 5.97 Å². The molecule has 0 aliphatic rings. The van der Waals surface area contributed by atoms with Crippen LogP contribution in [0, 0.1) is 0 Å². The van der Waals surface area contributed by atoms with Crippen LogP contribution in [0.15, 0.2) is 48.5 Å². The molecule has 0 aromatic heterocycles. The fraction of sp³-hybridized carbons (Fsp3) is 0.167. The summed E-state index contributed by atoms with van der Waals surface area (Å²) in [6.07, 6.45) is 2.94. The van der Waals surface area contributed by atoms with Crippen molar-refractivity contribution in [2.45, 2.75) is 19.8 Å². The zero-order chi connectivity index (χ0) is 16.1. The van der Waals surface area contributed by atoms with E-state index in [0.29, 0.717) is 27.3 Å². The lowest BCUT2D eigenvalue weighted by Crippen LogP contribution is -2.03. The van der Waals surface area contributed by atoms with Gasteiger partial charge in [-0.2, -0.15) is 0 Å². The normalized spacial score (nSPS) is 11.1. The van der Waals surface area contributed by atoms with Gasteiger partial charge in [0.25, 0.3) is 0 Å². The number of halogens is 2. The third kappa shape index (κ3) is 4.62. The Balaban J connectivity index is 2.01. The summed E-state index contributed by atoms with van der Waals surface area (Å²) in [5, 5.41) is 1.04. The molecule has 0 spiro atoms. The van der Waals surface area contributed by atoms with Gasteiger partial charge in [0.05, 0.1) is 0 Å². The molecule has 0 amide bonds. The van der Waals surface area contributed by atoms with Gasteiger partial charge in [-0.1, -0.05) is 55.2 Å². The second kappa shape index (κ2) is 7.48. The van der Waals surface area contributed by atoms with Gasteiger partial charge in [-0.25, -0.2) is 4.79 Å². The first kappa shape index (κ1) is 16.6. The number of ether oxygens (including phenoxy) is 1. The van der Waals surface area contributed by atoms with Crippen LogP contribution in [0.1, 0.15) is 30.9 Å². The molecular weight excluding hydrogens is 319 g/mol. The van der Waals surface area contributed by atoms with Crippen LogP contribution in [0.25, 0.3) is 6.08 Å². The first-order valence-electron chi connectivity index (χ1n) is 6.90. The predicted molar refractivity (Wildman–Crippen MR) is 91.7 cm³/mol. The van der Waals surface area contributed by atoms with Crippen molar-refractivity contribution in [1.82, 2.24) is 0 Å². The van der Waals surface area contributed by atoms with Crippen molar-refractivity contribution in [3.05, 3.63) is 69.7 Å². The standard InChI is InChI=1S/C18H16Cl2O2/c1-12(2)13-4-8-16(9-5-13)22-18(21)10-6-14-3-7-15(19)11-17(14)20/h3-12H,1-2H3/b10-6+. The minimum absolute atomic E-state index is 0.441. The molecule has 0 bridgehead atoms. The van der Waals surface area contributed by atoms with Crippen molar-refractivity contribution in [3.63, 3.8) is 0 Å². The largest absolute Gasteiger partial charge is 0.423 e. The van der Waals surface area contributed by atoms with Gasteiger partial charge >= 0.3 is 5.97 Å². The van der Waals surface area contributed by atoms with Crippen LogP contribution in [0.5, 0.6) is 5.75 Å². The lowest BCUT2D eigenvalue weighted by molar-refractivity contribution is -0.128. The van der Waals surface area contributed by atoms with Gasteiger partial charge in [0.1, 0.15) is 5.75 Å². The molecule has 0 saturated carbocycles. The van der Waals surface area contributed by atoms with Crippen molar-refractivity contribution in [1.29, 1.82) is 0 Å². The summed E-state index contributed by atoms with van der Waals surface area (Å²) in [5.74, 6) is 0.501. The van der Waals surface area contributed by atoms with Gasteiger partial charge in [-0.3, -0.25) is 0 Å². The molecule has 0 unspecified atom stereocenters. The molecular formula is C18H16Cl2O2. The molecule has 2 rings (SSSR count). The highest BCUT2D eigenvalue weighted by molar-refractivity contribution is 6.35. The fourth-order valence-corrected chi connectivity index (χ4v) is 2.34. The van der Waals surface area contributed by atoms with Crippen molar-refractivity contribution in [2.24, 2.45) is 0 Å². The lowest BCUT2D eigenvalue weighted by Gasteiger charge is -2.06. The summed E-state index contributed by atoms with van der Waals surface area (Å²) in [6.45, 7) is 4.22. The minimum Gasteiger partial charge on any atom is -0.423 e. The van der Waals surface area contributed by atoms with E-state index >= 15 is 0 Å². The van der Waals surface area contributed by atoms with E-state index in [9.17, 15) is 4.79 Å². The third-order valence-corrected chi connectivity index (χ3v) is 3.69. The Hall–Kier alpha value is -1.77. The molecule has 2 nitrogen and oxygen atoms in total. The van der Waals surface area contributed by atoms with Crippen LogP contribution < -0.4 is 4.74 Å². The molecule has 114 valence electrons. The second-order valence-corrected chi connectivity index (χ2v) is 5.99. The Labute approximate surface area is 140 Å². The minimum atomic E-state index is -0.455. The summed E-state index contributed by atoms with van der Waals surface area (Å²) in [7, 11) is 0. The first-order chi connectivity index (χ1) is 10.5. The molecule has 0 atom stereocenters. The van der Waals surface area contributed by atoms with Gasteiger partial charge in [0.15, 0.2) is 0 Å². The van der Waals surface area contributed by atoms with Gasteiger partial charge < -0.3 is 4.74 Å². The zero-order valence-corrected chi connectivity index (χ0v) is 13.9. The van der Waals surface area contributed by atoms with E-state index < -0.39 is 5.97 Å². The number of carbonyl (C=O) groups excluding carboxylic acids is 1. The summed E-state index contributed by atoms with van der Waals surface area (Å²) in [5.41, 5.74) is 1.90. The molecule has 0 radical (unpaired) electrons. The number of carbonyl (C=O) groups is 1. The van der Waals surface area contributed by atoms with Gasteiger partial charge in [0.2, 0.25) is 0 Å². The topological polar surface area (TPSA) is 26.3 Å². The van der Waals surface area contributed by atoms with Gasteiger partial charge in [-0.15, -0.1) is 0 Å². The average molecular weight is 335 g/mol. The number of hydrogen-bond donors (Lipinski definition) is 0. The number of hydrogen-bond acceptors (Lipinski definition) is 2. The molecule has 0 aliphatic carbocycles. The van der Waals surface area contributed by atoms with Crippen LogP contribution in [0.4, 0.5) is 0 Å². The van der Waals surface area contributed by atoms with E-state index in [-0.39, 0.29) is 0 Å². The predicted octanol–water partition coefficient (Wildman–Crippen LogP) is 5.74. The fourth-order valence-electron chi connectivity index (χ4n) is 1.87. The SMILES string of the molecule is CC(C)c1ccc(OC(=O)/C=C/c2ccc(Cl)cc2Cl)cc1. The van der Waals surface area contributed by atoms with E-state index in [4.69, 9.17) is 27.9 Å². The molecule has 0 fully saturated rings. The highest BCUT2D eigenvalue weighted by atomic mass is 35.5. The monoisotopic (exact) mass is 334 g/mol. The van der Waals surface area contributed by atoms with Crippen LogP contribution in [0.2, 0.25) is 10.0 Å². The van der Waals surface area contributed by atoms with E-state index in [0.717, 1.165) is 0 Å². The van der Waals surface area contributed by atoms with Gasteiger partial charge in [-0.05, 0) is 47.4 Å². The maximum absolute atomic E-state index is 11.8. The second-order valence-electron chi connectivity index (χ2n) is 5.14. The van der Waals surface area contributed by atoms with E-state index in [1.54, 1.807) is 36.4 Å². The smallest absolute Gasteiger partial charge is 0.336 e. The Morgan fingerprint density at radius 2 is 1.77 bits per heavy atom. The molecule has 4 heteroatoms. The van der Waals surface area contributed by atoms with Crippen LogP contribution in [0.3, 0.4) is 0 Å². The van der Waals surface area contributed by atoms with E-state index in [1.165, 1.54) is 11.6 Å². The molecule has 0 N–H and O–H groups in total. The van der Waals surface area contributed by atoms with Crippen LogP contribution >= 0.6 is 23.2 Å². The quantitative estimate of drug-likeness (QED) is 0.405. The summed E-state index contributed by atoms with van der Waals surface area (Å²) < 4.78 is 5.24. The molecule has 2 aromatic carbocycles. The number of esters is 1. The molecule has 2 aromatic rings. The van der Waals surface area contributed by atoms with Crippen molar-refractivity contribution >= 4 is 35.2 Å². The van der Waals surface area contributed by atoms with Crippen molar-refractivity contribution in [3.8, 4) is 5.75 Å². The molecule has 0 saturated heterocycles. The lowest BCUT2D eigenvalue weighted by atomic mass is 10.0. The molecule has 0 heterocycles. The molecule has 0 aliphatic heterocycles. The summed E-state index contributed by atoms with van der Waals surface area (Å²) in [6, 6.07) is 12.6. The Morgan fingerprint density at radius 1 is 1.09 bits per heavy atom. The Bertz CT molecular complexity index is 689. The van der Waals surface area contributed by atoms with Crippen molar-refractivity contribution in [2.75, 3.05) is 0 Å². The Morgan fingerprint density at radius 3 is 2.36 bits per heavy atom. The highest BCUT2D eigenvalue weighted by Gasteiger charge is 2.04. The molecule has 22 heavy (non-hydrogen) atoms. The maximum Gasteiger partial charge on any atom is 0.336 e. The Kier molecular flexibility index (Phi) is 5.64. The third-order valence-electron chi connectivity index (χ3n) is 3.13. The number of rotatable bonds is 4. The average Bonchev–Trinajstić information content (AvgIpc) is 2.47. The van der Waals surface area contributed by atoms with Crippen molar-refractivity contribution < 1.29 is 9.53 Å². The van der Waals surface area contributed by atoms with Gasteiger partial charge in [0, 0.05) is 16.1 Å². The van der Waals surface area contributed by atoms with Crippen LogP contribution in [-0.2, 0) is 4.79 Å². The number of benzene rings is 2. The summed E-state index contributed by atoms with van der Waals surface area (Å²) in [4.78, 5) is 11.8. The zero-order valence-electron chi connectivity index (χ0n) is 12.3. The maximum atomic E-state index is 11.8. The van der Waals surface area contributed by atoms with E-state index in [2.05, 4.69) is 13.8 Å². The summed E-state index contributed by atoms with van der Waals surface area (Å²) >= 11 is 11.9.